The van der Waals surface area contributed by atoms with E-state index in [9.17, 15) is 0 Å². The third kappa shape index (κ3) is 2.28. The molecule has 6 heteroatoms. The Kier molecular flexibility index (Phi) is 3.47. The van der Waals surface area contributed by atoms with Gasteiger partial charge in [0.2, 0.25) is 11.7 Å². The van der Waals surface area contributed by atoms with Crippen molar-refractivity contribution in [1.82, 2.24) is 10.1 Å². The second-order valence-corrected chi connectivity index (χ2v) is 3.81. The summed E-state index contributed by atoms with van der Waals surface area (Å²) in [6, 6.07) is 5.08. The summed E-state index contributed by atoms with van der Waals surface area (Å²) < 4.78 is 15.5. The largest absolute Gasteiger partial charge is 0.497 e. The van der Waals surface area contributed by atoms with Crippen molar-refractivity contribution in [3.63, 3.8) is 0 Å². The molecule has 1 atom stereocenters. The first-order valence-electron chi connectivity index (χ1n) is 5.47. The van der Waals surface area contributed by atoms with E-state index in [0.29, 0.717) is 23.2 Å². The third-order valence-electron chi connectivity index (χ3n) is 2.48. The Balaban J connectivity index is 2.42. The van der Waals surface area contributed by atoms with Crippen molar-refractivity contribution in [2.75, 3.05) is 14.2 Å². The molecule has 6 nitrogen and oxygen atoms in total. The highest BCUT2D eigenvalue weighted by atomic mass is 16.5. The van der Waals surface area contributed by atoms with Gasteiger partial charge in [0.25, 0.3) is 0 Å². The van der Waals surface area contributed by atoms with Crippen LogP contribution in [0.1, 0.15) is 18.9 Å². The number of aromatic nitrogens is 2. The number of benzene rings is 1. The van der Waals surface area contributed by atoms with Crippen molar-refractivity contribution < 1.29 is 14.0 Å². The maximum Gasteiger partial charge on any atom is 0.243 e. The summed E-state index contributed by atoms with van der Waals surface area (Å²) in [5, 5.41) is 3.88. The highest BCUT2D eigenvalue weighted by molar-refractivity contribution is 5.65. The molecule has 0 amide bonds. The van der Waals surface area contributed by atoms with Crippen LogP contribution in [0.3, 0.4) is 0 Å². The Hall–Kier alpha value is -2.08. The molecule has 0 radical (unpaired) electrons. The highest BCUT2D eigenvalue weighted by Gasteiger charge is 2.15. The first-order valence-corrected chi connectivity index (χ1v) is 5.47. The lowest BCUT2D eigenvalue weighted by Crippen LogP contribution is -2.04. The van der Waals surface area contributed by atoms with Gasteiger partial charge in [0.05, 0.1) is 25.8 Å². The van der Waals surface area contributed by atoms with Crippen molar-refractivity contribution in [3.05, 3.63) is 24.1 Å². The van der Waals surface area contributed by atoms with Crippen molar-refractivity contribution >= 4 is 0 Å². The predicted octanol–water partition coefficient (Wildman–Crippen LogP) is 1.77. The molecule has 18 heavy (non-hydrogen) atoms. The molecule has 0 saturated carbocycles. The minimum absolute atomic E-state index is 0.296. The van der Waals surface area contributed by atoms with Crippen LogP contribution in [0.15, 0.2) is 22.7 Å². The van der Waals surface area contributed by atoms with E-state index in [1.807, 2.05) is 6.07 Å². The van der Waals surface area contributed by atoms with Gasteiger partial charge in [-0.1, -0.05) is 5.16 Å². The van der Waals surface area contributed by atoms with Crippen LogP contribution in [0.4, 0.5) is 0 Å². The molecule has 0 aliphatic heterocycles. The van der Waals surface area contributed by atoms with E-state index < -0.39 is 0 Å². The van der Waals surface area contributed by atoms with E-state index in [4.69, 9.17) is 19.7 Å². The molecule has 0 spiro atoms. The lowest BCUT2D eigenvalue weighted by molar-refractivity contribution is 0.361. The van der Waals surface area contributed by atoms with Gasteiger partial charge in [-0.15, -0.1) is 0 Å². The summed E-state index contributed by atoms with van der Waals surface area (Å²) >= 11 is 0. The maximum atomic E-state index is 5.67. The van der Waals surface area contributed by atoms with Crippen LogP contribution < -0.4 is 15.2 Å². The number of nitrogens with two attached hydrogens (primary N) is 1. The fraction of sp³-hybridized carbons (Fsp3) is 0.333. The van der Waals surface area contributed by atoms with Gasteiger partial charge in [-0.2, -0.15) is 4.98 Å². The molecule has 0 bridgehead atoms. The van der Waals surface area contributed by atoms with Gasteiger partial charge in [0, 0.05) is 6.07 Å². The summed E-state index contributed by atoms with van der Waals surface area (Å²) in [6.45, 7) is 1.78. The van der Waals surface area contributed by atoms with Crippen molar-refractivity contribution in [2.45, 2.75) is 13.0 Å². The number of hydrogen-bond acceptors (Lipinski definition) is 6. The fourth-order valence-corrected chi connectivity index (χ4v) is 1.51. The molecule has 1 aromatic carbocycles. The Morgan fingerprint density at radius 1 is 1.28 bits per heavy atom. The average molecular weight is 249 g/mol. The van der Waals surface area contributed by atoms with Crippen molar-refractivity contribution in [3.8, 4) is 22.9 Å². The molecule has 1 heterocycles. The highest BCUT2D eigenvalue weighted by Crippen LogP contribution is 2.31. The number of ether oxygens (including phenoxy) is 2. The van der Waals surface area contributed by atoms with E-state index in [0.717, 1.165) is 5.56 Å². The van der Waals surface area contributed by atoms with Crippen LogP contribution >= 0.6 is 0 Å². The lowest BCUT2D eigenvalue weighted by Gasteiger charge is -2.07. The van der Waals surface area contributed by atoms with E-state index in [1.165, 1.54) is 0 Å². The molecule has 1 aromatic heterocycles. The van der Waals surface area contributed by atoms with E-state index in [2.05, 4.69) is 10.1 Å². The zero-order valence-corrected chi connectivity index (χ0v) is 10.5. The minimum atomic E-state index is -0.296. The average Bonchev–Trinajstić information content (AvgIpc) is 2.87. The standard InChI is InChI=1S/C12H15N3O3/c1-7(13)12-14-11(15-18-12)9-5-4-8(16-2)6-10(9)17-3/h4-7H,13H2,1-3H3. The molecule has 2 aromatic rings. The number of hydrogen-bond donors (Lipinski definition) is 1. The van der Waals surface area contributed by atoms with Crippen molar-refractivity contribution in [2.24, 2.45) is 5.73 Å². The molecule has 0 aliphatic carbocycles. The lowest BCUT2D eigenvalue weighted by atomic mass is 10.2. The fourth-order valence-electron chi connectivity index (χ4n) is 1.51. The van der Waals surface area contributed by atoms with Gasteiger partial charge in [-0.05, 0) is 19.1 Å². The Bertz CT molecular complexity index is 537. The summed E-state index contributed by atoms with van der Waals surface area (Å²) in [4.78, 5) is 4.22. The van der Waals surface area contributed by atoms with Crippen LogP contribution in [0, 0.1) is 0 Å². The first kappa shape index (κ1) is 12.4. The predicted molar refractivity (Wildman–Crippen MR) is 65.4 cm³/mol. The van der Waals surface area contributed by atoms with Crippen molar-refractivity contribution in [1.29, 1.82) is 0 Å². The SMILES string of the molecule is COc1ccc(-c2noc(C(C)N)n2)c(OC)c1. The van der Waals surface area contributed by atoms with Crippen LogP contribution in [0.25, 0.3) is 11.4 Å². The van der Waals surface area contributed by atoms with Crippen LogP contribution in [0.5, 0.6) is 11.5 Å². The molecule has 0 aliphatic rings. The zero-order chi connectivity index (χ0) is 13.1. The molecule has 2 N–H and O–H groups in total. The minimum Gasteiger partial charge on any atom is -0.497 e. The molecule has 2 rings (SSSR count). The second kappa shape index (κ2) is 5.05. The molecule has 0 saturated heterocycles. The topological polar surface area (TPSA) is 83.4 Å². The number of methoxy groups -OCH3 is 2. The van der Waals surface area contributed by atoms with E-state index in [-0.39, 0.29) is 6.04 Å². The Labute approximate surface area is 105 Å². The smallest absolute Gasteiger partial charge is 0.243 e. The van der Waals surface area contributed by atoms with E-state index in [1.54, 1.807) is 33.3 Å². The monoisotopic (exact) mass is 249 g/mol. The molecular weight excluding hydrogens is 234 g/mol. The third-order valence-corrected chi connectivity index (χ3v) is 2.48. The molecule has 1 unspecified atom stereocenters. The normalized spacial score (nSPS) is 12.2. The number of rotatable bonds is 4. The maximum absolute atomic E-state index is 5.67. The molecule has 96 valence electrons. The van der Waals surface area contributed by atoms with Gasteiger partial charge in [-0.3, -0.25) is 0 Å². The van der Waals surface area contributed by atoms with Crippen LogP contribution in [-0.4, -0.2) is 24.4 Å². The Morgan fingerprint density at radius 3 is 2.61 bits per heavy atom. The number of nitrogens with zero attached hydrogens (tertiary/aromatic N) is 2. The quantitative estimate of drug-likeness (QED) is 0.889. The summed E-state index contributed by atoms with van der Waals surface area (Å²) in [5.41, 5.74) is 6.40. The van der Waals surface area contributed by atoms with Gasteiger partial charge >= 0.3 is 0 Å². The van der Waals surface area contributed by atoms with Gasteiger partial charge in [0.15, 0.2) is 0 Å². The van der Waals surface area contributed by atoms with E-state index >= 15 is 0 Å². The van der Waals surface area contributed by atoms with Crippen LogP contribution in [-0.2, 0) is 0 Å². The zero-order valence-electron chi connectivity index (χ0n) is 10.5. The van der Waals surface area contributed by atoms with Gasteiger partial charge < -0.3 is 19.7 Å². The summed E-state index contributed by atoms with van der Waals surface area (Å²) in [5.74, 6) is 2.16. The summed E-state index contributed by atoms with van der Waals surface area (Å²) in [7, 11) is 3.17. The van der Waals surface area contributed by atoms with Gasteiger partial charge in [0.1, 0.15) is 11.5 Å². The first-order chi connectivity index (χ1) is 8.65. The second-order valence-electron chi connectivity index (χ2n) is 3.81. The molecule has 0 fully saturated rings. The van der Waals surface area contributed by atoms with Crippen LogP contribution in [0.2, 0.25) is 0 Å². The van der Waals surface area contributed by atoms with Gasteiger partial charge in [-0.25, -0.2) is 0 Å². The summed E-state index contributed by atoms with van der Waals surface area (Å²) in [6.07, 6.45) is 0. The molecular formula is C12H15N3O3. The Morgan fingerprint density at radius 2 is 2.06 bits per heavy atom.